The summed E-state index contributed by atoms with van der Waals surface area (Å²) in [6.45, 7) is 7.94. The molecular formula is C9H17N3O. The molecule has 13 heavy (non-hydrogen) atoms. The number of carbonyl (C=O) groups excluding carboxylic acids is 1. The summed E-state index contributed by atoms with van der Waals surface area (Å²) in [5.41, 5.74) is 5.42. The standard InChI is InChI=1S/C9H17N3O/c1-2-4-12-7-6-11(5-3-10)8-9(12)13/h2H,1,3-8,10H2. The third-order valence-electron chi connectivity index (χ3n) is 2.19. The summed E-state index contributed by atoms with van der Waals surface area (Å²) >= 11 is 0. The predicted octanol–water partition coefficient (Wildman–Crippen LogP) is -0.725. The van der Waals surface area contributed by atoms with Gasteiger partial charge in [-0.3, -0.25) is 9.69 Å². The normalized spacial score (nSPS) is 19.2. The maximum absolute atomic E-state index is 11.5. The van der Waals surface area contributed by atoms with Crippen LogP contribution in [0.25, 0.3) is 0 Å². The number of nitrogens with zero attached hydrogens (tertiary/aromatic N) is 2. The SMILES string of the molecule is C=CCN1CCN(CCN)CC1=O. The van der Waals surface area contributed by atoms with Crippen molar-refractivity contribution in [2.45, 2.75) is 0 Å². The van der Waals surface area contributed by atoms with Gasteiger partial charge in [-0.05, 0) is 0 Å². The second kappa shape index (κ2) is 4.99. The smallest absolute Gasteiger partial charge is 0.237 e. The molecule has 1 saturated heterocycles. The fourth-order valence-electron chi connectivity index (χ4n) is 1.48. The van der Waals surface area contributed by atoms with E-state index >= 15 is 0 Å². The van der Waals surface area contributed by atoms with Gasteiger partial charge >= 0.3 is 0 Å². The zero-order valence-corrected chi connectivity index (χ0v) is 7.91. The lowest BCUT2D eigenvalue weighted by molar-refractivity contribution is -0.135. The molecule has 74 valence electrons. The molecular weight excluding hydrogens is 166 g/mol. The minimum Gasteiger partial charge on any atom is -0.337 e. The lowest BCUT2D eigenvalue weighted by Crippen LogP contribution is -2.51. The molecule has 0 aromatic carbocycles. The molecule has 1 fully saturated rings. The Morgan fingerprint density at radius 2 is 2.31 bits per heavy atom. The maximum atomic E-state index is 11.5. The highest BCUT2D eigenvalue weighted by molar-refractivity contribution is 5.79. The molecule has 0 saturated carbocycles. The van der Waals surface area contributed by atoms with Gasteiger partial charge in [-0.25, -0.2) is 0 Å². The highest BCUT2D eigenvalue weighted by Crippen LogP contribution is 2.01. The van der Waals surface area contributed by atoms with E-state index in [0.717, 1.165) is 19.6 Å². The largest absolute Gasteiger partial charge is 0.337 e. The minimum absolute atomic E-state index is 0.180. The van der Waals surface area contributed by atoms with Crippen molar-refractivity contribution in [3.05, 3.63) is 12.7 Å². The van der Waals surface area contributed by atoms with Crippen LogP contribution in [-0.2, 0) is 4.79 Å². The summed E-state index contributed by atoms with van der Waals surface area (Å²) in [4.78, 5) is 15.4. The van der Waals surface area contributed by atoms with Gasteiger partial charge < -0.3 is 10.6 Å². The summed E-state index contributed by atoms with van der Waals surface area (Å²) < 4.78 is 0. The van der Waals surface area contributed by atoms with Crippen LogP contribution in [0.2, 0.25) is 0 Å². The Morgan fingerprint density at radius 1 is 1.54 bits per heavy atom. The lowest BCUT2D eigenvalue weighted by Gasteiger charge is -2.33. The second-order valence-corrected chi connectivity index (χ2v) is 3.19. The van der Waals surface area contributed by atoms with Crippen molar-refractivity contribution in [3.63, 3.8) is 0 Å². The van der Waals surface area contributed by atoms with Gasteiger partial charge in [0.15, 0.2) is 0 Å². The molecule has 0 aliphatic carbocycles. The molecule has 1 amide bonds. The van der Waals surface area contributed by atoms with Gasteiger partial charge in [0.05, 0.1) is 6.54 Å². The monoisotopic (exact) mass is 183 g/mol. The lowest BCUT2D eigenvalue weighted by atomic mass is 10.3. The number of nitrogens with two attached hydrogens (primary N) is 1. The van der Waals surface area contributed by atoms with E-state index in [2.05, 4.69) is 11.5 Å². The molecule has 1 heterocycles. The molecule has 0 atom stereocenters. The molecule has 0 bridgehead atoms. The molecule has 0 spiro atoms. The number of amides is 1. The molecule has 0 unspecified atom stereocenters. The quantitative estimate of drug-likeness (QED) is 0.585. The molecule has 1 aliphatic heterocycles. The average Bonchev–Trinajstić information content (AvgIpc) is 2.10. The Bertz CT molecular complexity index is 193. The van der Waals surface area contributed by atoms with E-state index < -0.39 is 0 Å². The highest BCUT2D eigenvalue weighted by Gasteiger charge is 2.21. The van der Waals surface area contributed by atoms with Gasteiger partial charge in [-0.15, -0.1) is 6.58 Å². The summed E-state index contributed by atoms with van der Waals surface area (Å²) in [5.74, 6) is 0.180. The van der Waals surface area contributed by atoms with Crippen molar-refractivity contribution in [2.75, 3.05) is 39.3 Å². The van der Waals surface area contributed by atoms with Crippen LogP contribution >= 0.6 is 0 Å². The molecule has 4 heteroatoms. The Balaban J connectivity index is 2.37. The molecule has 0 radical (unpaired) electrons. The first kappa shape index (κ1) is 10.2. The molecule has 2 N–H and O–H groups in total. The zero-order valence-electron chi connectivity index (χ0n) is 7.91. The summed E-state index contributed by atoms with van der Waals surface area (Å²) in [6.07, 6.45) is 1.76. The number of hydrogen-bond donors (Lipinski definition) is 1. The van der Waals surface area contributed by atoms with Gasteiger partial charge in [0.2, 0.25) is 5.91 Å². The van der Waals surface area contributed by atoms with E-state index in [4.69, 9.17) is 5.73 Å². The zero-order chi connectivity index (χ0) is 9.68. The highest BCUT2D eigenvalue weighted by atomic mass is 16.2. The summed E-state index contributed by atoms with van der Waals surface area (Å²) in [7, 11) is 0. The number of piperazine rings is 1. The van der Waals surface area contributed by atoms with Crippen molar-refractivity contribution in [1.82, 2.24) is 9.80 Å². The Labute approximate surface area is 79.0 Å². The van der Waals surface area contributed by atoms with E-state index in [1.54, 1.807) is 6.08 Å². The molecule has 1 rings (SSSR count). The van der Waals surface area contributed by atoms with Gasteiger partial charge in [-0.1, -0.05) is 6.08 Å². The van der Waals surface area contributed by atoms with Crippen LogP contribution in [0.5, 0.6) is 0 Å². The van der Waals surface area contributed by atoms with Crippen LogP contribution in [-0.4, -0.2) is 55.0 Å². The van der Waals surface area contributed by atoms with Gasteiger partial charge in [0.1, 0.15) is 0 Å². The van der Waals surface area contributed by atoms with Crippen molar-refractivity contribution in [1.29, 1.82) is 0 Å². The van der Waals surface area contributed by atoms with E-state index in [0.29, 0.717) is 19.6 Å². The molecule has 1 aliphatic rings. The third kappa shape index (κ3) is 2.82. The molecule has 0 aromatic heterocycles. The van der Waals surface area contributed by atoms with E-state index in [1.807, 2.05) is 4.90 Å². The van der Waals surface area contributed by atoms with Crippen molar-refractivity contribution < 1.29 is 4.79 Å². The van der Waals surface area contributed by atoms with Crippen LogP contribution in [0.15, 0.2) is 12.7 Å². The second-order valence-electron chi connectivity index (χ2n) is 3.19. The van der Waals surface area contributed by atoms with Gasteiger partial charge in [0, 0.05) is 32.7 Å². The summed E-state index contributed by atoms with van der Waals surface area (Å²) in [5, 5.41) is 0. The van der Waals surface area contributed by atoms with Crippen LogP contribution in [0.1, 0.15) is 0 Å². The fourth-order valence-corrected chi connectivity index (χ4v) is 1.48. The number of hydrogen-bond acceptors (Lipinski definition) is 3. The number of rotatable bonds is 4. The van der Waals surface area contributed by atoms with Crippen LogP contribution in [0, 0.1) is 0 Å². The van der Waals surface area contributed by atoms with Gasteiger partial charge in [0.25, 0.3) is 0 Å². The van der Waals surface area contributed by atoms with Crippen molar-refractivity contribution in [3.8, 4) is 0 Å². The predicted molar refractivity (Wildman–Crippen MR) is 52.3 cm³/mol. The van der Waals surface area contributed by atoms with Crippen molar-refractivity contribution in [2.24, 2.45) is 5.73 Å². The van der Waals surface area contributed by atoms with E-state index in [9.17, 15) is 4.79 Å². The third-order valence-corrected chi connectivity index (χ3v) is 2.19. The first-order valence-corrected chi connectivity index (χ1v) is 4.59. The van der Waals surface area contributed by atoms with Gasteiger partial charge in [-0.2, -0.15) is 0 Å². The fraction of sp³-hybridized carbons (Fsp3) is 0.667. The molecule has 4 nitrogen and oxygen atoms in total. The first-order valence-electron chi connectivity index (χ1n) is 4.59. The topological polar surface area (TPSA) is 49.6 Å². The van der Waals surface area contributed by atoms with Crippen molar-refractivity contribution >= 4 is 5.91 Å². The number of carbonyl (C=O) groups is 1. The minimum atomic E-state index is 0.180. The Hall–Kier alpha value is -0.870. The maximum Gasteiger partial charge on any atom is 0.237 e. The van der Waals surface area contributed by atoms with E-state index in [-0.39, 0.29) is 5.91 Å². The Morgan fingerprint density at radius 3 is 2.85 bits per heavy atom. The summed E-state index contributed by atoms with van der Waals surface area (Å²) in [6, 6.07) is 0. The molecule has 0 aromatic rings. The van der Waals surface area contributed by atoms with Crippen LogP contribution < -0.4 is 5.73 Å². The average molecular weight is 183 g/mol. The first-order chi connectivity index (χ1) is 6.27. The van der Waals surface area contributed by atoms with Crippen LogP contribution in [0.3, 0.4) is 0 Å². The van der Waals surface area contributed by atoms with E-state index in [1.165, 1.54) is 0 Å². The van der Waals surface area contributed by atoms with Crippen LogP contribution in [0.4, 0.5) is 0 Å². The Kier molecular flexibility index (Phi) is 3.92.